The number of hydrogen-bond donors (Lipinski definition) is 0. The number of carbonyl (C=O) groups excluding carboxylic acids is 1. The third kappa shape index (κ3) is 1.30. The van der Waals surface area contributed by atoms with Gasteiger partial charge in [-0.25, -0.2) is 0 Å². The molecule has 3 atom stereocenters. The van der Waals surface area contributed by atoms with Gasteiger partial charge in [0.05, 0.1) is 0 Å². The van der Waals surface area contributed by atoms with Crippen LogP contribution in [0.15, 0.2) is 11.6 Å². The number of hydrogen-bond acceptors (Lipinski definition) is 4. The fourth-order valence-electron chi connectivity index (χ4n) is 2.90. The zero-order chi connectivity index (χ0) is 11.6. The molecule has 4 heteroatoms. The molecule has 0 unspecified atom stereocenters. The third-order valence-electron chi connectivity index (χ3n) is 3.52. The molecule has 3 rings (SSSR count). The summed E-state index contributed by atoms with van der Waals surface area (Å²) >= 11 is 0. The number of ketones is 1. The van der Waals surface area contributed by atoms with Crippen LogP contribution in [-0.2, 0) is 19.0 Å². The first-order valence-corrected chi connectivity index (χ1v) is 5.64. The monoisotopic (exact) mass is 224 g/mol. The van der Waals surface area contributed by atoms with Crippen molar-refractivity contribution >= 4 is 5.78 Å². The van der Waals surface area contributed by atoms with Gasteiger partial charge in [-0.15, -0.1) is 0 Å². The van der Waals surface area contributed by atoms with E-state index < -0.39 is 5.79 Å². The number of ether oxygens (including phenoxy) is 3. The van der Waals surface area contributed by atoms with Crippen LogP contribution >= 0.6 is 0 Å². The van der Waals surface area contributed by atoms with E-state index in [1.165, 1.54) is 0 Å². The van der Waals surface area contributed by atoms with Crippen molar-refractivity contribution in [3.63, 3.8) is 0 Å². The lowest BCUT2D eigenvalue weighted by molar-refractivity contribution is -0.162. The van der Waals surface area contributed by atoms with E-state index >= 15 is 0 Å². The van der Waals surface area contributed by atoms with E-state index in [9.17, 15) is 4.79 Å². The van der Waals surface area contributed by atoms with E-state index in [4.69, 9.17) is 14.2 Å². The normalized spacial score (nSPS) is 45.2. The Kier molecular flexibility index (Phi) is 1.92. The highest BCUT2D eigenvalue weighted by Crippen LogP contribution is 2.46. The highest BCUT2D eigenvalue weighted by Gasteiger charge is 2.57. The lowest BCUT2D eigenvalue weighted by Gasteiger charge is -2.34. The highest BCUT2D eigenvalue weighted by molar-refractivity contribution is 5.99. The minimum absolute atomic E-state index is 0.0837. The second-order valence-corrected chi connectivity index (χ2v) is 5.37. The molecule has 0 aromatic rings. The number of fused-ring (bicyclic) bond motifs is 3. The van der Waals surface area contributed by atoms with Crippen molar-refractivity contribution in [1.82, 2.24) is 0 Å². The van der Waals surface area contributed by atoms with Crippen molar-refractivity contribution in [2.24, 2.45) is 0 Å². The smallest absolute Gasteiger partial charge is 0.186 e. The standard InChI is InChI=1S/C12H16O4/c1-11(2)15-10-9-7(8(13)6-14-9)4-5-12(10,3)16-11/h4,9-10H,5-6H2,1-3H3/t9-,10-,12+/m1/s1. The maximum atomic E-state index is 11.6. The second kappa shape index (κ2) is 2.94. The first-order valence-electron chi connectivity index (χ1n) is 5.64. The molecule has 2 heterocycles. The maximum Gasteiger partial charge on any atom is 0.186 e. The molecule has 0 saturated carbocycles. The first-order chi connectivity index (χ1) is 7.41. The van der Waals surface area contributed by atoms with Crippen LogP contribution in [0.25, 0.3) is 0 Å². The molecule has 2 fully saturated rings. The maximum absolute atomic E-state index is 11.6. The van der Waals surface area contributed by atoms with Crippen LogP contribution < -0.4 is 0 Å². The topological polar surface area (TPSA) is 44.8 Å². The van der Waals surface area contributed by atoms with Gasteiger partial charge >= 0.3 is 0 Å². The average Bonchev–Trinajstić information content (AvgIpc) is 2.62. The van der Waals surface area contributed by atoms with Crippen molar-refractivity contribution in [2.75, 3.05) is 6.61 Å². The van der Waals surface area contributed by atoms with E-state index in [0.29, 0.717) is 6.42 Å². The molecule has 0 amide bonds. The third-order valence-corrected chi connectivity index (χ3v) is 3.52. The van der Waals surface area contributed by atoms with Crippen LogP contribution in [0.1, 0.15) is 27.2 Å². The molecule has 2 saturated heterocycles. The molecule has 88 valence electrons. The van der Waals surface area contributed by atoms with Gasteiger partial charge in [0.2, 0.25) is 0 Å². The highest BCUT2D eigenvalue weighted by atomic mass is 16.8. The number of rotatable bonds is 0. The molecular formula is C12H16O4. The Labute approximate surface area is 94.5 Å². The molecule has 0 N–H and O–H groups in total. The predicted molar refractivity (Wildman–Crippen MR) is 55.9 cm³/mol. The Bertz CT molecular complexity index is 384. The Morgan fingerprint density at radius 2 is 2.12 bits per heavy atom. The lowest BCUT2D eigenvalue weighted by Crippen LogP contribution is -2.47. The minimum atomic E-state index is -0.599. The molecule has 0 spiro atoms. The molecular weight excluding hydrogens is 208 g/mol. The Morgan fingerprint density at radius 3 is 2.88 bits per heavy atom. The quantitative estimate of drug-likeness (QED) is 0.620. The largest absolute Gasteiger partial charge is 0.362 e. The molecule has 2 aliphatic heterocycles. The summed E-state index contributed by atoms with van der Waals surface area (Å²) in [7, 11) is 0. The second-order valence-electron chi connectivity index (χ2n) is 5.37. The van der Waals surface area contributed by atoms with Gasteiger partial charge in [-0.2, -0.15) is 0 Å². The summed E-state index contributed by atoms with van der Waals surface area (Å²) in [6.07, 6.45) is 2.24. The average molecular weight is 224 g/mol. The number of carbonyl (C=O) groups is 1. The zero-order valence-corrected chi connectivity index (χ0v) is 9.78. The Hall–Kier alpha value is -0.710. The molecule has 4 nitrogen and oxygen atoms in total. The van der Waals surface area contributed by atoms with E-state index in [1.807, 2.05) is 26.8 Å². The van der Waals surface area contributed by atoms with Crippen LogP contribution in [0, 0.1) is 0 Å². The first kappa shape index (κ1) is 10.4. The van der Waals surface area contributed by atoms with Crippen molar-refractivity contribution in [3.05, 3.63) is 11.6 Å². The van der Waals surface area contributed by atoms with Gasteiger partial charge in [0.15, 0.2) is 11.6 Å². The van der Waals surface area contributed by atoms with Crippen LogP contribution in [0.2, 0.25) is 0 Å². The van der Waals surface area contributed by atoms with Gasteiger partial charge in [-0.05, 0) is 27.2 Å². The summed E-state index contributed by atoms with van der Waals surface area (Å²) < 4.78 is 17.3. The molecule has 0 aromatic heterocycles. The minimum Gasteiger partial charge on any atom is -0.362 e. The van der Waals surface area contributed by atoms with Gasteiger partial charge < -0.3 is 14.2 Å². The van der Waals surface area contributed by atoms with Crippen molar-refractivity contribution < 1.29 is 19.0 Å². The molecule has 0 bridgehead atoms. The predicted octanol–water partition coefficient (Wildman–Crippen LogP) is 1.19. The summed E-state index contributed by atoms with van der Waals surface area (Å²) in [5.41, 5.74) is 0.395. The summed E-state index contributed by atoms with van der Waals surface area (Å²) in [4.78, 5) is 11.6. The van der Waals surface area contributed by atoms with Crippen molar-refractivity contribution in [2.45, 2.75) is 50.8 Å². The van der Waals surface area contributed by atoms with Gasteiger partial charge in [-0.3, -0.25) is 4.79 Å². The van der Waals surface area contributed by atoms with Crippen LogP contribution in [0.5, 0.6) is 0 Å². The van der Waals surface area contributed by atoms with E-state index in [1.54, 1.807) is 0 Å². The van der Waals surface area contributed by atoms with Crippen LogP contribution in [-0.4, -0.2) is 36.0 Å². The van der Waals surface area contributed by atoms with Gasteiger partial charge in [0.1, 0.15) is 24.4 Å². The molecule has 1 aliphatic carbocycles. The summed E-state index contributed by atoms with van der Waals surface area (Å²) in [5.74, 6) is -0.516. The summed E-state index contributed by atoms with van der Waals surface area (Å²) in [6.45, 7) is 5.98. The number of Topliss-reactive ketones (excluding diaryl/α,β-unsaturated/α-hetero) is 1. The molecule has 16 heavy (non-hydrogen) atoms. The van der Waals surface area contributed by atoms with Crippen LogP contribution in [0.3, 0.4) is 0 Å². The fourth-order valence-corrected chi connectivity index (χ4v) is 2.90. The zero-order valence-electron chi connectivity index (χ0n) is 9.78. The van der Waals surface area contributed by atoms with E-state index in [2.05, 4.69) is 0 Å². The van der Waals surface area contributed by atoms with Gasteiger partial charge in [0, 0.05) is 5.57 Å². The Morgan fingerprint density at radius 1 is 1.38 bits per heavy atom. The molecule has 3 aliphatic rings. The molecule has 0 aromatic carbocycles. The van der Waals surface area contributed by atoms with E-state index in [0.717, 1.165) is 5.57 Å². The van der Waals surface area contributed by atoms with Crippen molar-refractivity contribution in [3.8, 4) is 0 Å². The summed E-state index contributed by atoms with van der Waals surface area (Å²) in [5, 5.41) is 0. The summed E-state index contributed by atoms with van der Waals surface area (Å²) in [6, 6.07) is 0. The Balaban J connectivity index is 1.98. The van der Waals surface area contributed by atoms with Crippen molar-refractivity contribution in [1.29, 1.82) is 0 Å². The molecule has 0 radical (unpaired) electrons. The van der Waals surface area contributed by atoms with E-state index in [-0.39, 0.29) is 30.2 Å². The fraction of sp³-hybridized carbons (Fsp3) is 0.750. The van der Waals surface area contributed by atoms with Gasteiger partial charge in [0.25, 0.3) is 0 Å². The lowest BCUT2D eigenvalue weighted by atomic mass is 9.82. The SMILES string of the molecule is CC1(C)O[C@@H]2[C@@H]3OCC(=O)C3=CC[C@]2(C)O1. The van der Waals surface area contributed by atoms with Gasteiger partial charge in [-0.1, -0.05) is 6.08 Å². The van der Waals surface area contributed by atoms with Crippen LogP contribution in [0.4, 0.5) is 0 Å².